The molecule has 1 saturated heterocycles. The molecule has 1 aromatic carbocycles. The Bertz CT molecular complexity index is 799. The molecule has 7 nitrogen and oxygen atoms in total. The van der Waals surface area contributed by atoms with E-state index in [1.54, 1.807) is 0 Å². The number of nitrogens with zero attached hydrogens (tertiary/aromatic N) is 5. The summed E-state index contributed by atoms with van der Waals surface area (Å²) in [4.78, 5) is 13.7. The van der Waals surface area contributed by atoms with Crippen molar-refractivity contribution in [2.45, 2.75) is 46.2 Å². The van der Waals surface area contributed by atoms with Crippen LogP contribution in [0.15, 0.2) is 33.8 Å². The number of aromatic nitrogens is 2. The first-order chi connectivity index (χ1) is 13.3. The second-order valence-corrected chi connectivity index (χ2v) is 8.42. The van der Waals surface area contributed by atoms with Crippen LogP contribution in [0.1, 0.15) is 43.6 Å². The normalized spacial score (nSPS) is 16.5. The highest BCUT2D eigenvalue weighted by Gasteiger charge is 2.23. The first-order valence-electron chi connectivity index (χ1n) is 9.92. The number of hydrogen-bond acceptors (Lipinski definition) is 5. The maximum atomic E-state index is 5.36. The van der Waals surface area contributed by atoms with E-state index in [1.165, 1.54) is 11.1 Å². The van der Waals surface area contributed by atoms with Crippen molar-refractivity contribution in [3.63, 3.8) is 0 Å². The molecule has 152 valence electrons. The standard InChI is InChI=1S/C21H32N6O/c1-16-7-6-8-17(13-16)15-26-9-11-27(12-10-26)20(22-5)23-14-18-24-19(28-25-18)21(2,3)4/h6-8,13H,9-12,14-15H2,1-5H3,(H,22,23). The van der Waals surface area contributed by atoms with Crippen molar-refractivity contribution in [1.29, 1.82) is 0 Å². The predicted molar refractivity (Wildman–Crippen MR) is 111 cm³/mol. The highest BCUT2D eigenvalue weighted by atomic mass is 16.5. The first kappa shape index (κ1) is 20.3. The number of piperazine rings is 1. The van der Waals surface area contributed by atoms with Crippen LogP contribution in [0.4, 0.5) is 0 Å². The molecule has 0 atom stereocenters. The Balaban J connectivity index is 1.49. The van der Waals surface area contributed by atoms with E-state index in [1.807, 2.05) is 7.05 Å². The lowest BCUT2D eigenvalue weighted by atomic mass is 9.97. The van der Waals surface area contributed by atoms with Gasteiger partial charge in [-0.1, -0.05) is 55.8 Å². The topological polar surface area (TPSA) is 69.8 Å². The van der Waals surface area contributed by atoms with E-state index in [4.69, 9.17) is 4.52 Å². The van der Waals surface area contributed by atoms with Crippen LogP contribution in [-0.2, 0) is 18.5 Å². The predicted octanol–water partition coefficient (Wildman–Crippen LogP) is 2.57. The molecular weight excluding hydrogens is 352 g/mol. The Labute approximate surface area is 167 Å². The molecule has 0 bridgehead atoms. The smallest absolute Gasteiger partial charge is 0.232 e. The zero-order valence-electron chi connectivity index (χ0n) is 17.7. The SMILES string of the molecule is CN=C(NCc1noc(C(C)(C)C)n1)N1CCN(Cc2cccc(C)c2)CC1. The molecule has 0 spiro atoms. The van der Waals surface area contributed by atoms with Gasteiger partial charge in [-0.2, -0.15) is 4.98 Å². The highest BCUT2D eigenvalue weighted by Crippen LogP contribution is 2.19. The van der Waals surface area contributed by atoms with Gasteiger partial charge in [0.25, 0.3) is 0 Å². The zero-order valence-corrected chi connectivity index (χ0v) is 17.7. The molecule has 7 heteroatoms. The first-order valence-corrected chi connectivity index (χ1v) is 9.92. The lowest BCUT2D eigenvalue weighted by molar-refractivity contribution is 0.172. The quantitative estimate of drug-likeness (QED) is 0.645. The van der Waals surface area contributed by atoms with Crippen molar-refractivity contribution in [3.05, 3.63) is 47.1 Å². The van der Waals surface area contributed by atoms with Crippen molar-refractivity contribution in [2.24, 2.45) is 4.99 Å². The molecule has 2 heterocycles. The summed E-state index contributed by atoms with van der Waals surface area (Å²) in [5.74, 6) is 2.20. The van der Waals surface area contributed by atoms with Crippen molar-refractivity contribution in [2.75, 3.05) is 33.2 Å². The fraction of sp³-hybridized carbons (Fsp3) is 0.571. The number of aliphatic imine (C=N–C) groups is 1. The second-order valence-electron chi connectivity index (χ2n) is 8.42. The van der Waals surface area contributed by atoms with Gasteiger partial charge in [-0.15, -0.1) is 0 Å². The summed E-state index contributed by atoms with van der Waals surface area (Å²) >= 11 is 0. The molecule has 0 saturated carbocycles. The molecule has 0 unspecified atom stereocenters. The third-order valence-corrected chi connectivity index (χ3v) is 4.89. The number of hydrogen-bond donors (Lipinski definition) is 1. The largest absolute Gasteiger partial charge is 0.349 e. The van der Waals surface area contributed by atoms with Gasteiger partial charge in [0.15, 0.2) is 11.8 Å². The average Bonchev–Trinajstić information content (AvgIpc) is 3.13. The number of aryl methyl sites for hydroxylation is 1. The van der Waals surface area contributed by atoms with Crippen LogP contribution in [0.2, 0.25) is 0 Å². The van der Waals surface area contributed by atoms with Gasteiger partial charge in [0.2, 0.25) is 5.89 Å². The minimum atomic E-state index is -0.138. The van der Waals surface area contributed by atoms with Crippen LogP contribution < -0.4 is 5.32 Å². The van der Waals surface area contributed by atoms with E-state index in [2.05, 4.69) is 82.2 Å². The van der Waals surface area contributed by atoms with Crippen molar-refractivity contribution in [3.8, 4) is 0 Å². The van der Waals surface area contributed by atoms with Gasteiger partial charge < -0.3 is 14.7 Å². The lowest BCUT2D eigenvalue weighted by Crippen LogP contribution is -2.52. The molecule has 1 N–H and O–H groups in total. The van der Waals surface area contributed by atoms with Crippen LogP contribution in [0.3, 0.4) is 0 Å². The zero-order chi connectivity index (χ0) is 20.1. The van der Waals surface area contributed by atoms with E-state index in [0.717, 1.165) is 38.7 Å². The third-order valence-electron chi connectivity index (χ3n) is 4.89. The molecule has 28 heavy (non-hydrogen) atoms. The molecule has 1 fully saturated rings. The van der Waals surface area contributed by atoms with Gasteiger partial charge >= 0.3 is 0 Å². The van der Waals surface area contributed by atoms with Crippen molar-refractivity contribution < 1.29 is 4.52 Å². The van der Waals surface area contributed by atoms with Gasteiger partial charge in [-0.05, 0) is 12.5 Å². The van der Waals surface area contributed by atoms with Gasteiger partial charge in [0, 0.05) is 45.2 Å². The molecule has 1 aliphatic rings. The van der Waals surface area contributed by atoms with Crippen LogP contribution in [0, 0.1) is 6.92 Å². The van der Waals surface area contributed by atoms with Crippen LogP contribution in [0.25, 0.3) is 0 Å². The molecular formula is C21H32N6O. The van der Waals surface area contributed by atoms with Gasteiger partial charge in [0.05, 0.1) is 6.54 Å². The van der Waals surface area contributed by atoms with Gasteiger partial charge in [0.1, 0.15) is 0 Å². The van der Waals surface area contributed by atoms with Crippen molar-refractivity contribution in [1.82, 2.24) is 25.3 Å². The minimum absolute atomic E-state index is 0.138. The van der Waals surface area contributed by atoms with E-state index in [0.29, 0.717) is 18.3 Å². The summed E-state index contributed by atoms with van der Waals surface area (Å²) in [6.07, 6.45) is 0. The molecule has 0 aliphatic carbocycles. The molecule has 3 rings (SSSR count). The maximum Gasteiger partial charge on any atom is 0.232 e. The minimum Gasteiger partial charge on any atom is -0.349 e. The molecule has 1 aliphatic heterocycles. The third kappa shape index (κ3) is 5.32. The lowest BCUT2D eigenvalue weighted by Gasteiger charge is -2.36. The number of benzene rings is 1. The summed E-state index contributed by atoms with van der Waals surface area (Å²) in [6.45, 7) is 13.8. The van der Waals surface area contributed by atoms with E-state index in [9.17, 15) is 0 Å². The summed E-state index contributed by atoms with van der Waals surface area (Å²) in [6, 6.07) is 8.75. The monoisotopic (exact) mass is 384 g/mol. The van der Waals surface area contributed by atoms with Crippen LogP contribution in [0.5, 0.6) is 0 Å². The Morgan fingerprint density at radius 1 is 1.21 bits per heavy atom. The molecule has 0 amide bonds. The number of rotatable bonds is 4. The maximum absolute atomic E-state index is 5.36. The number of guanidine groups is 1. The Morgan fingerprint density at radius 3 is 2.57 bits per heavy atom. The fourth-order valence-electron chi connectivity index (χ4n) is 3.31. The summed E-state index contributed by atoms with van der Waals surface area (Å²) in [7, 11) is 1.82. The summed E-state index contributed by atoms with van der Waals surface area (Å²) in [5, 5.41) is 7.43. The summed E-state index contributed by atoms with van der Waals surface area (Å²) in [5.41, 5.74) is 2.56. The van der Waals surface area contributed by atoms with Crippen LogP contribution in [-0.4, -0.2) is 59.1 Å². The van der Waals surface area contributed by atoms with Crippen LogP contribution >= 0.6 is 0 Å². The molecule has 2 aromatic rings. The Morgan fingerprint density at radius 2 is 1.96 bits per heavy atom. The summed E-state index contributed by atoms with van der Waals surface area (Å²) < 4.78 is 5.36. The van der Waals surface area contributed by atoms with Gasteiger partial charge in [-0.3, -0.25) is 9.89 Å². The molecule has 0 radical (unpaired) electrons. The molecule has 1 aromatic heterocycles. The fourth-order valence-corrected chi connectivity index (χ4v) is 3.31. The Hall–Kier alpha value is -2.41. The Kier molecular flexibility index (Phi) is 6.34. The van der Waals surface area contributed by atoms with Gasteiger partial charge in [-0.25, -0.2) is 0 Å². The highest BCUT2D eigenvalue weighted by molar-refractivity contribution is 5.79. The van der Waals surface area contributed by atoms with E-state index >= 15 is 0 Å². The average molecular weight is 385 g/mol. The number of nitrogens with one attached hydrogen (secondary N) is 1. The van der Waals surface area contributed by atoms with E-state index in [-0.39, 0.29) is 5.41 Å². The van der Waals surface area contributed by atoms with E-state index < -0.39 is 0 Å². The van der Waals surface area contributed by atoms with Crippen molar-refractivity contribution >= 4 is 5.96 Å². The second kappa shape index (κ2) is 8.73.